The molecule has 9 heteroatoms. The molecule has 2 aliphatic rings. The quantitative estimate of drug-likeness (QED) is 0.510. The van der Waals surface area contributed by atoms with E-state index in [4.69, 9.17) is 9.94 Å². The topological polar surface area (TPSA) is 111 Å². The van der Waals surface area contributed by atoms with E-state index in [0.29, 0.717) is 25.9 Å². The van der Waals surface area contributed by atoms with Crippen molar-refractivity contribution < 1.29 is 24.3 Å². The van der Waals surface area contributed by atoms with Crippen molar-refractivity contribution in [1.82, 2.24) is 15.7 Å². The molecule has 1 saturated carbocycles. The van der Waals surface area contributed by atoms with Crippen LogP contribution in [0.25, 0.3) is 0 Å². The Morgan fingerprint density at radius 1 is 1.03 bits per heavy atom. The van der Waals surface area contributed by atoms with Crippen LogP contribution in [-0.4, -0.2) is 67.3 Å². The van der Waals surface area contributed by atoms with Crippen LogP contribution in [0.2, 0.25) is 0 Å². The van der Waals surface area contributed by atoms with Crippen LogP contribution < -0.4 is 15.7 Å². The first kappa shape index (κ1) is 20.9. The number of benzene rings is 1. The van der Waals surface area contributed by atoms with Gasteiger partial charge in [0.1, 0.15) is 6.10 Å². The summed E-state index contributed by atoms with van der Waals surface area (Å²) in [6.07, 6.45) is 0.108. The second-order valence-corrected chi connectivity index (χ2v) is 7.43. The normalized spacial score (nSPS) is 24.6. The molecule has 1 aliphatic heterocycles. The Labute approximate surface area is 169 Å². The average Bonchev–Trinajstić information content (AvgIpc) is 2.78. The van der Waals surface area contributed by atoms with Gasteiger partial charge in [-0.25, -0.2) is 10.3 Å². The SMILES string of the molecule is CNC(=O)OC1CCC(C(=O)N2CCN(c3ccccc3)CC2)C(C(=O)NO)C1. The number of ether oxygens (including phenoxy) is 1. The summed E-state index contributed by atoms with van der Waals surface area (Å²) in [6, 6.07) is 10.0. The van der Waals surface area contributed by atoms with Crippen molar-refractivity contribution in [1.29, 1.82) is 0 Å². The Balaban J connectivity index is 1.61. The molecule has 1 aromatic carbocycles. The molecule has 0 radical (unpaired) electrons. The van der Waals surface area contributed by atoms with E-state index < -0.39 is 29.9 Å². The fourth-order valence-corrected chi connectivity index (χ4v) is 4.18. The van der Waals surface area contributed by atoms with E-state index in [2.05, 4.69) is 10.2 Å². The molecule has 3 unspecified atom stereocenters. The largest absolute Gasteiger partial charge is 0.446 e. The third-order valence-corrected chi connectivity index (χ3v) is 5.76. The number of hydrogen-bond acceptors (Lipinski definition) is 6. The third kappa shape index (κ3) is 4.97. The molecule has 29 heavy (non-hydrogen) atoms. The summed E-state index contributed by atoms with van der Waals surface area (Å²) in [5.74, 6) is -1.96. The average molecular weight is 404 g/mol. The molecule has 1 aliphatic carbocycles. The minimum Gasteiger partial charge on any atom is -0.446 e. The molecular formula is C20H28N4O5. The van der Waals surface area contributed by atoms with Gasteiger partial charge in [-0.05, 0) is 31.4 Å². The van der Waals surface area contributed by atoms with Gasteiger partial charge in [0.15, 0.2) is 0 Å². The van der Waals surface area contributed by atoms with Crippen molar-refractivity contribution in [3.63, 3.8) is 0 Å². The minimum atomic E-state index is -0.733. The summed E-state index contributed by atoms with van der Waals surface area (Å²) < 4.78 is 5.26. The predicted molar refractivity (Wildman–Crippen MR) is 105 cm³/mol. The highest BCUT2D eigenvalue weighted by atomic mass is 16.6. The zero-order chi connectivity index (χ0) is 20.8. The molecule has 0 spiro atoms. The smallest absolute Gasteiger partial charge is 0.407 e. The van der Waals surface area contributed by atoms with E-state index in [1.165, 1.54) is 7.05 Å². The maximum absolute atomic E-state index is 13.1. The lowest BCUT2D eigenvalue weighted by atomic mass is 9.76. The molecule has 0 aromatic heterocycles. The van der Waals surface area contributed by atoms with Gasteiger partial charge < -0.3 is 19.9 Å². The summed E-state index contributed by atoms with van der Waals surface area (Å²) in [5.41, 5.74) is 2.79. The number of anilines is 1. The number of alkyl carbamates (subject to hydrolysis) is 1. The van der Waals surface area contributed by atoms with Crippen molar-refractivity contribution >= 4 is 23.6 Å². The second kappa shape index (κ2) is 9.60. The molecule has 1 heterocycles. The third-order valence-electron chi connectivity index (χ3n) is 5.76. The van der Waals surface area contributed by atoms with Gasteiger partial charge in [0.2, 0.25) is 11.8 Å². The molecule has 3 N–H and O–H groups in total. The number of hydroxylamine groups is 1. The van der Waals surface area contributed by atoms with Crippen molar-refractivity contribution in [3.05, 3.63) is 30.3 Å². The van der Waals surface area contributed by atoms with Crippen molar-refractivity contribution in [2.45, 2.75) is 25.4 Å². The molecule has 1 saturated heterocycles. The van der Waals surface area contributed by atoms with Crippen LogP contribution in [0.1, 0.15) is 19.3 Å². The number of para-hydroxylation sites is 1. The molecular weight excluding hydrogens is 376 g/mol. The first-order valence-corrected chi connectivity index (χ1v) is 9.94. The highest BCUT2D eigenvalue weighted by Crippen LogP contribution is 2.34. The Hall–Kier alpha value is -2.81. The number of amides is 3. The standard InChI is InChI=1S/C20H28N4O5/c1-21-20(27)29-15-7-8-16(17(13-15)18(25)22-28)19(26)24-11-9-23(10-12-24)14-5-3-2-4-6-14/h2-6,15-17,28H,7-13H2,1H3,(H,21,27)(H,22,25). The molecule has 3 atom stereocenters. The number of rotatable bonds is 4. The first-order valence-electron chi connectivity index (χ1n) is 9.94. The highest BCUT2D eigenvalue weighted by molar-refractivity contribution is 5.87. The Morgan fingerprint density at radius 2 is 1.72 bits per heavy atom. The van der Waals surface area contributed by atoms with Gasteiger partial charge in [0.25, 0.3) is 0 Å². The van der Waals surface area contributed by atoms with Crippen LogP contribution in [-0.2, 0) is 14.3 Å². The number of carbonyl (C=O) groups excluding carboxylic acids is 3. The van der Waals surface area contributed by atoms with Crippen molar-refractivity contribution in [3.8, 4) is 0 Å². The van der Waals surface area contributed by atoms with Crippen LogP contribution >= 0.6 is 0 Å². The van der Waals surface area contributed by atoms with E-state index in [1.807, 2.05) is 30.3 Å². The van der Waals surface area contributed by atoms with E-state index >= 15 is 0 Å². The summed E-state index contributed by atoms with van der Waals surface area (Å²) >= 11 is 0. The summed E-state index contributed by atoms with van der Waals surface area (Å²) in [5, 5.41) is 11.5. The first-order chi connectivity index (χ1) is 14.0. The maximum atomic E-state index is 13.1. The second-order valence-electron chi connectivity index (χ2n) is 7.43. The van der Waals surface area contributed by atoms with Gasteiger partial charge in [-0.3, -0.25) is 14.8 Å². The minimum absolute atomic E-state index is 0.0790. The van der Waals surface area contributed by atoms with E-state index in [9.17, 15) is 14.4 Å². The number of nitrogens with zero attached hydrogens (tertiary/aromatic N) is 2. The number of hydrogen-bond donors (Lipinski definition) is 3. The molecule has 1 aromatic rings. The van der Waals surface area contributed by atoms with E-state index in [0.717, 1.165) is 18.8 Å². The van der Waals surface area contributed by atoms with Crippen LogP contribution in [0.5, 0.6) is 0 Å². The van der Waals surface area contributed by atoms with Gasteiger partial charge in [0, 0.05) is 38.9 Å². The highest BCUT2D eigenvalue weighted by Gasteiger charge is 2.42. The molecule has 3 rings (SSSR count). The van der Waals surface area contributed by atoms with E-state index in [1.54, 1.807) is 10.4 Å². The van der Waals surface area contributed by atoms with Crippen molar-refractivity contribution in [2.75, 3.05) is 38.1 Å². The monoisotopic (exact) mass is 404 g/mol. The van der Waals surface area contributed by atoms with Gasteiger partial charge in [-0.2, -0.15) is 0 Å². The van der Waals surface area contributed by atoms with Crippen LogP contribution in [0.3, 0.4) is 0 Å². The number of nitrogens with one attached hydrogen (secondary N) is 2. The molecule has 0 bridgehead atoms. The maximum Gasteiger partial charge on any atom is 0.407 e. The van der Waals surface area contributed by atoms with Gasteiger partial charge in [0.05, 0.1) is 11.8 Å². The lowest BCUT2D eigenvalue weighted by molar-refractivity contribution is -0.149. The number of piperazine rings is 1. The van der Waals surface area contributed by atoms with Crippen LogP contribution in [0, 0.1) is 11.8 Å². The zero-order valence-corrected chi connectivity index (χ0v) is 16.5. The molecule has 3 amide bonds. The van der Waals surface area contributed by atoms with Crippen LogP contribution in [0.15, 0.2) is 30.3 Å². The summed E-state index contributed by atoms with van der Waals surface area (Å²) in [6.45, 7) is 2.61. The lowest BCUT2D eigenvalue weighted by Crippen LogP contribution is -2.53. The Bertz CT molecular complexity index is 721. The van der Waals surface area contributed by atoms with Crippen LogP contribution in [0.4, 0.5) is 10.5 Å². The molecule has 2 fully saturated rings. The number of carbonyl (C=O) groups is 3. The van der Waals surface area contributed by atoms with Gasteiger partial charge >= 0.3 is 6.09 Å². The van der Waals surface area contributed by atoms with Crippen molar-refractivity contribution in [2.24, 2.45) is 11.8 Å². The Morgan fingerprint density at radius 3 is 2.34 bits per heavy atom. The molecule has 9 nitrogen and oxygen atoms in total. The zero-order valence-electron chi connectivity index (χ0n) is 16.5. The molecule has 158 valence electrons. The summed E-state index contributed by atoms with van der Waals surface area (Å²) in [7, 11) is 1.46. The summed E-state index contributed by atoms with van der Waals surface area (Å²) in [4.78, 5) is 40.8. The Kier molecular flexibility index (Phi) is 6.92. The lowest BCUT2D eigenvalue weighted by Gasteiger charge is -2.40. The predicted octanol–water partition coefficient (Wildman–Crippen LogP) is 0.982. The fourth-order valence-electron chi connectivity index (χ4n) is 4.18. The fraction of sp³-hybridized carbons (Fsp3) is 0.550. The van der Waals surface area contributed by atoms with E-state index in [-0.39, 0.29) is 12.3 Å². The van der Waals surface area contributed by atoms with Gasteiger partial charge in [-0.1, -0.05) is 18.2 Å². The van der Waals surface area contributed by atoms with Gasteiger partial charge in [-0.15, -0.1) is 0 Å².